The van der Waals surface area contributed by atoms with Crippen LogP contribution in [-0.2, 0) is 10.0 Å². The maximum Gasteiger partial charge on any atom is 0.286 e. The zero-order valence-corrected chi connectivity index (χ0v) is 19.7. The van der Waals surface area contributed by atoms with E-state index in [1.165, 1.54) is 6.07 Å². The van der Waals surface area contributed by atoms with Crippen molar-refractivity contribution in [3.8, 4) is 5.75 Å². The number of rotatable bonds is 5. The van der Waals surface area contributed by atoms with Crippen molar-refractivity contribution in [3.05, 3.63) is 52.5 Å². The van der Waals surface area contributed by atoms with Gasteiger partial charge in [0.25, 0.3) is 15.9 Å². The highest BCUT2D eigenvalue weighted by molar-refractivity contribution is 7.90. The molecular formula is C23H26ClN3O4S. The second-order valence-corrected chi connectivity index (χ2v) is 9.92. The number of halogens is 1. The Hall–Kier alpha value is -2.58. The summed E-state index contributed by atoms with van der Waals surface area (Å²) in [7, 11) is -3.90. The summed E-state index contributed by atoms with van der Waals surface area (Å²) in [5.41, 5.74) is 1.50. The molecule has 2 heterocycles. The Morgan fingerprint density at radius 2 is 1.97 bits per heavy atom. The maximum atomic E-state index is 13.0. The molecule has 1 atom stereocenters. The normalized spacial score (nSPS) is 18.0. The third kappa shape index (κ3) is 4.47. The fourth-order valence-corrected chi connectivity index (χ4v) is 5.56. The van der Waals surface area contributed by atoms with Crippen molar-refractivity contribution in [2.75, 3.05) is 18.1 Å². The number of hydrogen-bond donors (Lipinski definition) is 1. The summed E-state index contributed by atoms with van der Waals surface area (Å²) in [4.78, 5) is 14.9. The molecule has 4 rings (SSSR count). The lowest BCUT2D eigenvalue weighted by atomic mass is 10.1. The Morgan fingerprint density at radius 1 is 1.22 bits per heavy atom. The Morgan fingerprint density at radius 3 is 2.69 bits per heavy atom. The number of benzene rings is 2. The van der Waals surface area contributed by atoms with Crippen LogP contribution in [0.1, 0.15) is 61.5 Å². The molecule has 1 saturated heterocycles. The zero-order chi connectivity index (χ0) is 22.9. The van der Waals surface area contributed by atoms with Crippen molar-refractivity contribution in [2.24, 2.45) is 4.40 Å². The predicted octanol–water partition coefficient (Wildman–Crippen LogP) is 4.71. The van der Waals surface area contributed by atoms with E-state index >= 15 is 0 Å². The van der Waals surface area contributed by atoms with E-state index in [2.05, 4.69) is 9.71 Å². The lowest BCUT2D eigenvalue weighted by molar-refractivity contribution is 0.0940. The summed E-state index contributed by atoms with van der Waals surface area (Å²) >= 11 is 6.47. The van der Waals surface area contributed by atoms with Gasteiger partial charge < -0.3 is 15.0 Å². The fourth-order valence-electron chi connectivity index (χ4n) is 4.05. The molecule has 1 amide bonds. The number of fused-ring (bicyclic) bond motifs is 3. The second kappa shape index (κ2) is 9.11. The first-order valence-corrected chi connectivity index (χ1v) is 12.6. The lowest BCUT2D eigenvalue weighted by Gasteiger charge is -2.30. The summed E-state index contributed by atoms with van der Waals surface area (Å²) in [5, 5.41) is 3.11. The van der Waals surface area contributed by atoms with Gasteiger partial charge in [0.15, 0.2) is 0 Å². The fraction of sp³-hybridized carbons (Fsp3) is 0.391. The van der Waals surface area contributed by atoms with Crippen LogP contribution < -0.4 is 15.0 Å². The van der Waals surface area contributed by atoms with Gasteiger partial charge in [-0.3, -0.25) is 4.79 Å². The van der Waals surface area contributed by atoms with Gasteiger partial charge in [-0.1, -0.05) is 30.2 Å². The molecule has 0 bridgehead atoms. The quantitative estimate of drug-likeness (QED) is 0.676. The van der Waals surface area contributed by atoms with Crippen molar-refractivity contribution in [1.29, 1.82) is 0 Å². The van der Waals surface area contributed by atoms with E-state index < -0.39 is 15.9 Å². The molecule has 2 aromatic carbocycles. The van der Waals surface area contributed by atoms with Crippen LogP contribution in [0.4, 0.5) is 5.69 Å². The molecule has 7 nitrogen and oxygen atoms in total. The van der Waals surface area contributed by atoms with Gasteiger partial charge in [-0.05, 0) is 56.5 Å². The van der Waals surface area contributed by atoms with Crippen molar-refractivity contribution in [1.82, 2.24) is 5.32 Å². The SMILES string of the molecule is CCOc1ccc([C@@H](C)NC(=O)c2cc3c(cc2Cl)N2CCCCCC2=NS3(=O)=O)cc1. The number of carbonyl (C=O) groups is 1. The number of nitrogens with zero attached hydrogens (tertiary/aromatic N) is 2. The maximum absolute atomic E-state index is 13.0. The van der Waals surface area contributed by atoms with Crippen molar-refractivity contribution >= 4 is 39.1 Å². The number of anilines is 1. The molecule has 2 aliphatic rings. The zero-order valence-electron chi connectivity index (χ0n) is 18.1. The molecule has 9 heteroatoms. The molecule has 170 valence electrons. The highest BCUT2D eigenvalue weighted by Crippen LogP contribution is 2.38. The standard InChI is InChI=1S/C23H26ClN3O4S/c1-3-31-17-10-8-16(9-11-17)15(2)25-23(28)18-13-21-20(14-19(18)24)27-12-6-4-5-7-22(27)26-32(21,29)30/h8-11,13-15H,3-7,12H2,1-2H3,(H,25,28)/t15-/m1/s1. The smallest absolute Gasteiger partial charge is 0.286 e. The highest BCUT2D eigenvalue weighted by atomic mass is 35.5. The van der Waals surface area contributed by atoms with Gasteiger partial charge in [0.05, 0.1) is 28.9 Å². The number of amidine groups is 1. The molecule has 1 N–H and O–H groups in total. The van der Waals surface area contributed by atoms with Crippen LogP contribution in [0.5, 0.6) is 5.75 Å². The van der Waals surface area contributed by atoms with E-state index in [0.717, 1.165) is 30.6 Å². The molecule has 0 saturated carbocycles. The molecule has 0 radical (unpaired) electrons. The molecule has 0 aromatic heterocycles. The summed E-state index contributed by atoms with van der Waals surface area (Å²) in [5.74, 6) is 0.860. The first kappa shape index (κ1) is 22.6. The minimum Gasteiger partial charge on any atom is -0.494 e. The van der Waals surface area contributed by atoms with Crippen molar-refractivity contribution in [2.45, 2.75) is 50.5 Å². The minimum absolute atomic E-state index is 0.0198. The number of carbonyl (C=O) groups excluding carboxylic acids is 1. The van der Waals surface area contributed by atoms with Crippen LogP contribution in [0.2, 0.25) is 5.02 Å². The van der Waals surface area contributed by atoms with Gasteiger partial charge in [-0.15, -0.1) is 4.40 Å². The average molecular weight is 476 g/mol. The Kier molecular flexibility index (Phi) is 6.44. The topological polar surface area (TPSA) is 88.1 Å². The highest BCUT2D eigenvalue weighted by Gasteiger charge is 2.33. The molecule has 2 aliphatic heterocycles. The average Bonchev–Trinajstić information content (AvgIpc) is 2.99. The number of sulfonamides is 1. The number of ether oxygens (including phenoxy) is 1. The third-order valence-electron chi connectivity index (χ3n) is 5.72. The Balaban J connectivity index is 1.61. The van der Waals surface area contributed by atoms with Gasteiger partial charge in [0.2, 0.25) is 0 Å². The summed E-state index contributed by atoms with van der Waals surface area (Å²) in [6.07, 6.45) is 3.47. The molecular weight excluding hydrogens is 450 g/mol. The molecule has 0 aliphatic carbocycles. The van der Waals surface area contributed by atoms with Crippen LogP contribution in [0.3, 0.4) is 0 Å². The molecule has 0 spiro atoms. The third-order valence-corrected chi connectivity index (χ3v) is 7.37. The molecule has 0 unspecified atom stereocenters. The summed E-state index contributed by atoms with van der Waals surface area (Å²) < 4.78 is 35.2. The molecule has 32 heavy (non-hydrogen) atoms. The summed E-state index contributed by atoms with van der Waals surface area (Å²) in [6, 6.07) is 10.1. The van der Waals surface area contributed by atoms with E-state index in [1.54, 1.807) is 6.07 Å². The van der Waals surface area contributed by atoms with Crippen LogP contribution in [-0.4, -0.2) is 33.3 Å². The summed E-state index contributed by atoms with van der Waals surface area (Å²) in [6.45, 7) is 5.02. The van der Waals surface area contributed by atoms with Gasteiger partial charge in [-0.2, -0.15) is 8.42 Å². The predicted molar refractivity (Wildman–Crippen MR) is 125 cm³/mol. The molecule has 2 aromatic rings. The Bertz CT molecular complexity index is 1160. The second-order valence-electron chi connectivity index (χ2n) is 7.94. The van der Waals surface area contributed by atoms with Gasteiger partial charge >= 0.3 is 0 Å². The number of hydrogen-bond acceptors (Lipinski definition) is 5. The van der Waals surface area contributed by atoms with Crippen LogP contribution in [0.25, 0.3) is 0 Å². The lowest BCUT2D eigenvalue weighted by Crippen LogP contribution is -2.35. The van der Waals surface area contributed by atoms with Crippen LogP contribution >= 0.6 is 11.6 Å². The van der Waals surface area contributed by atoms with Crippen LogP contribution in [0.15, 0.2) is 45.7 Å². The minimum atomic E-state index is -3.90. The van der Waals surface area contributed by atoms with E-state index in [-0.39, 0.29) is 21.5 Å². The van der Waals surface area contributed by atoms with E-state index in [4.69, 9.17) is 16.3 Å². The van der Waals surface area contributed by atoms with E-state index in [9.17, 15) is 13.2 Å². The van der Waals surface area contributed by atoms with Gasteiger partial charge in [0, 0.05) is 13.0 Å². The van der Waals surface area contributed by atoms with Crippen molar-refractivity contribution < 1.29 is 17.9 Å². The van der Waals surface area contributed by atoms with E-state index in [1.807, 2.05) is 43.0 Å². The monoisotopic (exact) mass is 475 g/mol. The Labute approximate surface area is 193 Å². The first-order valence-electron chi connectivity index (χ1n) is 10.8. The van der Waals surface area contributed by atoms with Gasteiger partial charge in [0.1, 0.15) is 16.5 Å². The first-order chi connectivity index (χ1) is 15.3. The largest absolute Gasteiger partial charge is 0.494 e. The van der Waals surface area contributed by atoms with E-state index in [0.29, 0.717) is 31.1 Å². The van der Waals surface area contributed by atoms with Gasteiger partial charge in [-0.25, -0.2) is 0 Å². The number of amides is 1. The van der Waals surface area contributed by atoms with Crippen molar-refractivity contribution in [3.63, 3.8) is 0 Å². The van der Waals surface area contributed by atoms with Crippen LogP contribution in [0, 0.1) is 0 Å². The molecule has 1 fully saturated rings. The number of nitrogens with one attached hydrogen (secondary N) is 1.